The van der Waals surface area contributed by atoms with Gasteiger partial charge in [0.15, 0.2) is 0 Å². The van der Waals surface area contributed by atoms with E-state index in [1.54, 1.807) is 0 Å². The molecule has 0 aromatic heterocycles. The summed E-state index contributed by atoms with van der Waals surface area (Å²) < 4.78 is 0. The Hall–Kier alpha value is -1.10. The Morgan fingerprint density at radius 2 is 2.10 bits per heavy atom. The van der Waals surface area contributed by atoms with E-state index >= 15 is 0 Å². The fraction of sp³-hybridized carbons (Fsp3) is 0.875. The summed E-state index contributed by atoms with van der Waals surface area (Å²) in [5, 5.41) is 6.22. The molecule has 3 atom stereocenters. The van der Waals surface area contributed by atoms with Gasteiger partial charge in [-0.1, -0.05) is 27.2 Å². The molecule has 0 radical (unpaired) electrons. The monoisotopic (exact) mass is 295 g/mol. The Kier molecular flexibility index (Phi) is 5.62. The van der Waals surface area contributed by atoms with Crippen LogP contribution in [0.25, 0.3) is 0 Å². The minimum atomic E-state index is -0.244. The van der Waals surface area contributed by atoms with Gasteiger partial charge < -0.3 is 10.6 Å². The minimum Gasteiger partial charge on any atom is -0.329 e. The topological polar surface area (TPSA) is 61.4 Å². The maximum atomic E-state index is 11.5. The Morgan fingerprint density at radius 3 is 2.71 bits per heavy atom. The van der Waals surface area contributed by atoms with E-state index in [0.29, 0.717) is 18.5 Å². The lowest BCUT2D eigenvalue weighted by atomic mass is 9.74. The van der Waals surface area contributed by atoms with E-state index in [-0.39, 0.29) is 18.5 Å². The summed E-state index contributed by atoms with van der Waals surface area (Å²) in [7, 11) is 0. The highest BCUT2D eigenvalue weighted by Gasteiger charge is 2.31. The third-order valence-electron chi connectivity index (χ3n) is 4.92. The van der Waals surface area contributed by atoms with Crippen LogP contribution >= 0.6 is 0 Å². The fourth-order valence-corrected chi connectivity index (χ4v) is 3.64. The van der Waals surface area contributed by atoms with Crippen molar-refractivity contribution in [1.82, 2.24) is 15.5 Å². The number of amides is 3. The van der Waals surface area contributed by atoms with Crippen molar-refractivity contribution in [2.75, 3.05) is 19.6 Å². The first kappa shape index (κ1) is 16.3. The first-order chi connectivity index (χ1) is 9.99. The van der Waals surface area contributed by atoms with E-state index in [9.17, 15) is 9.59 Å². The summed E-state index contributed by atoms with van der Waals surface area (Å²) in [5.74, 6) is 2.15. The molecular formula is C16H29N3O2. The number of carbonyl (C=O) groups is 2. The van der Waals surface area contributed by atoms with Crippen LogP contribution in [0, 0.1) is 17.8 Å². The zero-order chi connectivity index (χ0) is 15.4. The van der Waals surface area contributed by atoms with Crippen LogP contribution in [0.3, 0.4) is 0 Å². The fourth-order valence-electron chi connectivity index (χ4n) is 3.64. The van der Waals surface area contributed by atoms with E-state index in [0.717, 1.165) is 24.8 Å². The third kappa shape index (κ3) is 4.19. The van der Waals surface area contributed by atoms with Crippen LogP contribution in [0.15, 0.2) is 0 Å². The number of nitrogens with zero attached hydrogens (tertiary/aromatic N) is 1. The van der Waals surface area contributed by atoms with Gasteiger partial charge in [-0.2, -0.15) is 0 Å². The second-order valence-corrected chi connectivity index (χ2v) is 6.94. The molecule has 1 heterocycles. The molecule has 1 saturated heterocycles. The predicted octanol–water partition coefficient (Wildman–Crippen LogP) is 1.98. The molecule has 0 bridgehead atoms. The summed E-state index contributed by atoms with van der Waals surface area (Å²) in [4.78, 5) is 24.3. The van der Waals surface area contributed by atoms with Gasteiger partial charge in [0.05, 0.1) is 6.54 Å². The number of imide groups is 1. The molecule has 0 spiro atoms. The van der Waals surface area contributed by atoms with Crippen LogP contribution in [-0.4, -0.2) is 42.5 Å². The van der Waals surface area contributed by atoms with Crippen LogP contribution in [-0.2, 0) is 4.79 Å². The number of rotatable bonds is 6. The standard InChI is InChI=1S/C16H29N3O2/c1-11(2)13-6-5-12(3)9-14(13)17-7-4-8-19-15(20)10-18-16(19)21/h11-14,17H,4-10H2,1-3H3,(H,18,21)/t12-,13-,14+/m1/s1. The largest absolute Gasteiger partial charge is 0.329 e. The number of hydrogen-bond acceptors (Lipinski definition) is 3. The Balaban J connectivity index is 1.73. The van der Waals surface area contributed by atoms with E-state index in [2.05, 4.69) is 31.4 Å². The number of carbonyl (C=O) groups excluding carboxylic acids is 2. The van der Waals surface area contributed by atoms with E-state index in [1.807, 2.05) is 0 Å². The highest BCUT2D eigenvalue weighted by Crippen LogP contribution is 2.33. The molecule has 3 amide bonds. The predicted molar refractivity (Wildman–Crippen MR) is 82.9 cm³/mol. The van der Waals surface area contributed by atoms with Gasteiger partial charge in [-0.05, 0) is 43.6 Å². The molecular weight excluding hydrogens is 266 g/mol. The highest BCUT2D eigenvalue weighted by molar-refractivity contribution is 6.01. The molecule has 0 aromatic carbocycles. The molecule has 0 aromatic rings. The van der Waals surface area contributed by atoms with Gasteiger partial charge in [-0.25, -0.2) is 4.79 Å². The van der Waals surface area contributed by atoms with Crippen molar-refractivity contribution in [2.24, 2.45) is 17.8 Å². The van der Waals surface area contributed by atoms with Crippen LogP contribution in [0.2, 0.25) is 0 Å². The maximum absolute atomic E-state index is 11.5. The van der Waals surface area contributed by atoms with Crippen LogP contribution in [0.5, 0.6) is 0 Å². The van der Waals surface area contributed by atoms with Gasteiger partial charge in [0.2, 0.25) is 5.91 Å². The molecule has 2 N–H and O–H groups in total. The summed E-state index contributed by atoms with van der Waals surface area (Å²) >= 11 is 0. The summed E-state index contributed by atoms with van der Waals surface area (Å²) in [6.45, 7) is 8.50. The summed E-state index contributed by atoms with van der Waals surface area (Å²) in [5.41, 5.74) is 0. The quantitative estimate of drug-likeness (QED) is 0.582. The third-order valence-corrected chi connectivity index (χ3v) is 4.92. The smallest absolute Gasteiger partial charge is 0.324 e. The van der Waals surface area contributed by atoms with E-state index in [4.69, 9.17) is 0 Å². The normalized spacial score (nSPS) is 30.1. The van der Waals surface area contributed by atoms with Crippen molar-refractivity contribution in [3.63, 3.8) is 0 Å². The minimum absolute atomic E-state index is 0.105. The van der Waals surface area contributed by atoms with E-state index < -0.39 is 0 Å². The van der Waals surface area contributed by atoms with Gasteiger partial charge in [0.25, 0.3) is 0 Å². The molecule has 1 saturated carbocycles. The molecule has 2 fully saturated rings. The number of urea groups is 1. The van der Waals surface area contributed by atoms with Crippen molar-refractivity contribution in [3.8, 4) is 0 Å². The zero-order valence-corrected chi connectivity index (χ0v) is 13.5. The zero-order valence-electron chi connectivity index (χ0n) is 13.5. The Labute approximate surface area is 127 Å². The lowest BCUT2D eigenvalue weighted by Crippen LogP contribution is -2.44. The van der Waals surface area contributed by atoms with Crippen molar-refractivity contribution < 1.29 is 9.59 Å². The first-order valence-electron chi connectivity index (χ1n) is 8.30. The van der Waals surface area contributed by atoms with Crippen molar-refractivity contribution in [3.05, 3.63) is 0 Å². The average Bonchev–Trinajstić information content (AvgIpc) is 2.74. The number of nitrogens with one attached hydrogen (secondary N) is 2. The molecule has 2 rings (SSSR count). The van der Waals surface area contributed by atoms with Gasteiger partial charge >= 0.3 is 6.03 Å². The van der Waals surface area contributed by atoms with Gasteiger partial charge in [-0.15, -0.1) is 0 Å². The molecule has 120 valence electrons. The second kappa shape index (κ2) is 7.25. The van der Waals surface area contributed by atoms with Crippen molar-refractivity contribution in [1.29, 1.82) is 0 Å². The lowest BCUT2D eigenvalue weighted by molar-refractivity contribution is -0.125. The average molecular weight is 295 g/mol. The van der Waals surface area contributed by atoms with Crippen molar-refractivity contribution in [2.45, 2.75) is 52.5 Å². The molecule has 1 aliphatic heterocycles. The Morgan fingerprint density at radius 1 is 1.33 bits per heavy atom. The van der Waals surface area contributed by atoms with E-state index in [1.165, 1.54) is 24.2 Å². The maximum Gasteiger partial charge on any atom is 0.324 e. The second-order valence-electron chi connectivity index (χ2n) is 6.94. The molecule has 0 unspecified atom stereocenters. The molecule has 5 nitrogen and oxygen atoms in total. The van der Waals surface area contributed by atoms with Crippen molar-refractivity contribution >= 4 is 11.9 Å². The highest BCUT2D eigenvalue weighted by atomic mass is 16.2. The lowest BCUT2D eigenvalue weighted by Gasteiger charge is -2.38. The van der Waals surface area contributed by atoms with Crippen LogP contribution < -0.4 is 10.6 Å². The molecule has 5 heteroatoms. The Bertz CT molecular complexity index is 368. The summed E-state index contributed by atoms with van der Waals surface area (Å²) in [6.07, 6.45) is 4.72. The first-order valence-corrected chi connectivity index (χ1v) is 8.30. The van der Waals surface area contributed by atoms with Gasteiger partial charge in [0.1, 0.15) is 0 Å². The van der Waals surface area contributed by atoms with Crippen LogP contribution in [0.4, 0.5) is 4.79 Å². The molecule has 1 aliphatic carbocycles. The van der Waals surface area contributed by atoms with Gasteiger partial charge in [0, 0.05) is 12.6 Å². The SMILES string of the molecule is CC(C)[C@H]1CC[C@@H](C)C[C@@H]1NCCCN1C(=O)CNC1=O. The van der Waals surface area contributed by atoms with Crippen LogP contribution in [0.1, 0.15) is 46.5 Å². The van der Waals surface area contributed by atoms with Gasteiger partial charge in [-0.3, -0.25) is 9.69 Å². The summed E-state index contributed by atoms with van der Waals surface area (Å²) in [6, 6.07) is 0.336. The number of hydrogen-bond donors (Lipinski definition) is 2. The molecule has 21 heavy (non-hydrogen) atoms. The molecule has 2 aliphatic rings.